The Bertz CT molecular complexity index is 577. The SMILES string of the molecule is O=C(O)c1noc(-c2c(F)cc(Br)cc2F)n1. The Hall–Kier alpha value is -1.83. The molecule has 0 unspecified atom stereocenters. The van der Waals surface area contributed by atoms with Crippen molar-refractivity contribution >= 4 is 21.9 Å². The molecule has 0 fully saturated rings. The van der Waals surface area contributed by atoms with E-state index in [1.807, 2.05) is 0 Å². The van der Waals surface area contributed by atoms with Crippen molar-refractivity contribution in [3.63, 3.8) is 0 Å². The second kappa shape index (κ2) is 4.21. The highest BCUT2D eigenvalue weighted by Crippen LogP contribution is 2.27. The molecule has 0 bridgehead atoms. The fraction of sp³-hybridized carbons (Fsp3) is 0. The topological polar surface area (TPSA) is 76.2 Å². The molecule has 0 spiro atoms. The Morgan fingerprint density at radius 2 is 1.94 bits per heavy atom. The van der Waals surface area contributed by atoms with Crippen molar-refractivity contribution in [2.45, 2.75) is 0 Å². The van der Waals surface area contributed by atoms with E-state index in [1.54, 1.807) is 0 Å². The molecule has 0 aliphatic heterocycles. The number of hydrogen-bond acceptors (Lipinski definition) is 4. The van der Waals surface area contributed by atoms with Gasteiger partial charge in [-0.1, -0.05) is 15.9 Å². The van der Waals surface area contributed by atoms with Crippen molar-refractivity contribution in [2.24, 2.45) is 0 Å². The van der Waals surface area contributed by atoms with Crippen LogP contribution in [0.3, 0.4) is 0 Å². The van der Waals surface area contributed by atoms with Gasteiger partial charge in [-0.05, 0) is 17.3 Å². The molecule has 8 heteroatoms. The van der Waals surface area contributed by atoms with Crippen LogP contribution in [0.15, 0.2) is 21.1 Å². The first-order valence-electron chi connectivity index (χ1n) is 4.21. The van der Waals surface area contributed by atoms with Gasteiger partial charge in [0, 0.05) is 4.47 Å². The first-order valence-corrected chi connectivity index (χ1v) is 5.00. The Balaban J connectivity index is 2.56. The van der Waals surface area contributed by atoms with Crippen molar-refractivity contribution < 1.29 is 23.2 Å². The molecule has 0 amide bonds. The average Bonchev–Trinajstić information content (AvgIpc) is 2.65. The summed E-state index contributed by atoms with van der Waals surface area (Å²) in [4.78, 5) is 13.8. The molecule has 1 aromatic carbocycles. The Morgan fingerprint density at radius 3 is 2.41 bits per heavy atom. The smallest absolute Gasteiger partial charge is 0.377 e. The number of nitrogens with zero attached hydrogens (tertiary/aromatic N) is 2. The number of rotatable bonds is 2. The number of hydrogen-bond donors (Lipinski definition) is 1. The predicted octanol–water partition coefficient (Wildman–Crippen LogP) is 2.48. The zero-order chi connectivity index (χ0) is 12.6. The van der Waals surface area contributed by atoms with Gasteiger partial charge in [0.05, 0.1) is 0 Å². The highest BCUT2D eigenvalue weighted by Gasteiger charge is 2.21. The third-order valence-corrected chi connectivity index (χ3v) is 2.30. The summed E-state index contributed by atoms with van der Waals surface area (Å²) in [6.07, 6.45) is 0. The van der Waals surface area contributed by atoms with Gasteiger partial charge in [0.1, 0.15) is 17.2 Å². The molecule has 2 rings (SSSR count). The highest BCUT2D eigenvalue weighted by atomic mass is 79.9. The quantitative estimate of drug-likeness (QED) is 0.922. The molecule has 0 atom stereocenters. The molecular formula is C9H3BrF2N2O3. The Morgan fingerprint density at radius 1 is 1.35 bits per heavy atom. The first-order chi connectivity index (χ1) is 7.99. The number of carboxylic acids is 1. The molecule has 0 saturated carbocycles. The summed E-state index contributed by atoms with van der Waals surface area (Å²) in [7, 11) is 0. The normalized spacial score (nSPS) is 10.5. The number of halogens is 3. The fourth-order valence-electron chi connectivity index (χ4n) is 1.16. The van der Waals surface area contributed by atoms with E-state index in [0.29, 0.717) is 0 Å². The summed E-state index contributed by atoms with van der Waals surface area (Å²) in [5, 5.41) is 11.6. The molecule has 1 aromatic heterocycles. The molecule has 2 aromatic rings. The minimum atomic E-state index is -1.45. The zero-order valence-electron chi connectivity index (χ0n) is 7.95. The summed E-state index contributed by atoms with van der Waals surface area (Å²) in [6.45, 7) is 0. The summed E-state index contributed by atoms with van der Waals surface area (Å²) >= 11 is 2.91. The third-order valence-electron chi connectivity index (χ3n) is 1.84. The molecule has 0 aliphatic rings. The molecule has 17 heavy (non-hydrogen) atoms. The average molecular weight is 305 g/mol. The monoisotopic (exact) mass is 304 g/mol. The van der Waals surface area contributed by atoms with Gasteiger partial charge < -0.3 is 9.63 Å². The molecule has 0 aliphatic carbocycles. The van der Waals surface area contributed by atoms with Crippen LogP contribution < -0.4 is 0 Å². The van der Waals surface area contributed by atoms with Crippen LogP contribution in [0.4, 0.5) is 8.78 Å². The van der Waals surface area contributed by atoms with Crippen molar-refractivity contribution in [2.75, 3.05) is 0 Å². The lowest BCUT2D eigenvalue weighted by molar-refractivity contribution is 0.0680. The van der Waals surface area contributed by atoms with E-state index in [2.05, 4.69) is 30.6 Å². The van der Waals surface area contributed by atoms with E-state index in [9.17, 15) is 13.6 Å². The largest absolute Gasteiger partial charge is 0.475 e. The Kier molecular flexibility index (Phi) is 2.88. The van der Waals surface area contributed by atoms with Gasteiger partial charge in [-0.3, -0.25) is 0 Å². The summed E-state index contributed by atoms with van der Waals surface area (Å²) in [5.74, 6) is -4.50. The van der Waals surface area contributed by atoms with Gasteiger partial charge in [-0.15, -0.1) is 0 Å². The van der Waals surface area contributed by atoms with E-state index in [0.717, 1.165) is 12.1 Å². The van der Waals surface area contributed by atoms with Crippen LogP contribution in [0, 0.1) is 11.6 Å². The molecular weight excluding hydrogens is 302 g/mol. The van der Waals surface area contributed by atoms with Gasteiger partial charge in [0.25, 0.3) is 11.7 Å². The summed E-state index contributed by atoms with van der Waals surface area (Å²) in [5.41, 5.74) is -0.562. The van der Waals surface area contributed by atoms with Crippen LogP contribution >= 0.6 is 15.9 Å². The van der Waals surface area contributed by atoms with E-state index < -0.39 is 34.9 Å². The second-order valence-corrected chi connectivity index (χ2v) is 3.89. The maximum Gasteiger partial charge on any atom is 0.377 e. The van der Waals surface area contributed by atoms with Crippen LogP contribution in [0.2, 0.25) is 0 Å². The minimum Gasteiger partial charge on any atom is -0.475 e. The van der Waals surface area contributed by atoms with Crippen LogP contribution in [-0.4, -0.2) is 21.2 Å². The van der Waals surface area contributed by atoms with Crippen molar-refractivity contribution in [1.29, 1.82) is 0 Å². The van der Waals surface area contributed by atoms with Crippen LogP contribution in [0.5, 0.6) is 0 Å². The zero-order valence-corrected chi connectivity index (χ0v) is 9.53. The second-order valence-electron chi connectivity index (χ2n) is 2.97. The molecule has 1 N–H and O–H groups in total. The van der Waals surface area contributed by atoms with Gasteiger partial charge in [-0.25, -0.2) is 13.6 Å². The number of aromatic carboxylic acids is 1. The first kappa shape index (κ1) is 11.6. The molecule has 88 valence electrons. The number of carbonyl (C=O) groups is 1. The van der Waals surface area contributed by atoms with E-state index in [1.165, 1.54) is 0 Å². The maximum absolute atomic E-state index is 13.5. The van der Waals surface area contributed by atoms with Crippen LogP contribution in [-0.2, 0) is 0 Å². The molecule has 1 heterocycles. The summed E-state index contributed by atoms with van der Waals surface area (Å²) in [6, 6.07) is 2.01. The van der Waals surface area contributed by atoms with Gasteiger partial charge >= 0.3 is 5.97 Å². The van der Waals surface area contributed by atoms with E-state index >= 15 is 0 Å². The van der Waals surface area contributed by atoms with Gasteiger partial charge in [0.15, 0.2) is 0 Å². The fourth-order valence-corrected chi connectivity index (χ4v) is 1.56. The predicted molar refractivity (Wildman–Crippen MR) is 54.3 cm³/mol. The molecule has 0 saturated heterocycles. The van der Waals surface area contributed by atoms with Crippen LogP contribution in [0.25, 0.3) is 11.5 Å². The van der Waals surface area contributed by atoms with E-state index in [-0.39, 0.29) is 4.47 Å². The lowest BCUT2D eigenvalue weighted by atomic mass is 10.2. The minimum absolute atomic E-state index is 0.203. The number of aromatic nitrogens is 2. The molecule has 0 radical (unpaired) electrons. The van der Waals surface area contributed by atoms with Crippen LogP contribution in [0.1, 0.15) is 10.6 Å². The van der Waals surface area contributed by atoms with E-state index in [4.69, 9.17) is 5.11 Å². The lowest BCUT2D eigenvalue weighted by Crippen LogP contribution is -1.98. The van der Waals surface area contributed by atoms with Gasteiger partial charge in [-0.2, -0.15) is 4.98 Å². The number of benzene rings is 1. The Labute approximate surface area is 101 Å². The third kappa shape index (κ3) is 2.16. The van der Waals surface area contributed by atoms with Gasteiger partial charge in [0.2, 0.25) is 0 Å². The molecule has 5 nitrogen and oxygen atoms in total. The summed E-state index contributed by atoms with van der Waals surface area (Å²) < 4.78 is 31.6. The lowest BCUT2D eigenvalue weighted by Gasteiger charge is -2.00. The van der Waals surface area contributed by atoms with Crippen molar-refractivity contribution in [3.8, 4) is 11.5 Å². The highest BCUT2D eigenvalue weighted by molar-refractivity contribution is 9.10. The van der Waals surface area contributed by atoms with Crippen molar-refractivity contribution in [3.05, 3.63) is 34.1 Å². The maximum atomic E-state index is 13.5. The standard InChI is InChI=1S/C9H3BrF2N2O3/c10-3-1-4(11)6(5(12)2-3)8-13-7(9(15)16)14-17-8/h1-2H,(H,15,16). The number of carboxylic acid groups (broad SMARTS) is 1. The van der Waals surface area contributed by atoms with Crippen molar-refractivity contribution in [1.82, 2.24) is 10.1 Å².